The number of hydrogen-bond acceptors (Lipinski definition) is 1. The minimum atomic E-state index is 0.728. The van der Waals surface area contributed by atoms with Crippen molar-refractivity contribution >= 4 is 39.7 Å². The summed E-state index contributed by atoms with van der Waals surface area (Å²) in [7, 11) is 0. The van der Waals surface area contributed by atoms with Crippen LogP contribution in [0.25, 0.3) is 5.52 Å². The van der Waals surface area contributed by atoms with Gasteiger partial charge in [-0.05, 0) is 34.7 Å². The van der Waals surface area contributed by atoms with Gasteiger partial charge in [0, 0.05) is 6.20 Å². The van der Waals surface area contributed by atoms with E-state index in [0.29, 0.717) is 0 Å². The number of halogens is 2. The molecule has 0 N–H and O–H groups in total. The first kappa shape index (κ1) is 7.36. The van der Waals surface area contributed by atoms with Crippen molar-refractivity contribution in [3.05, 3.63) is 33.4 Å². The van der Waals surface area contributed by atoms with E-state index in [1.807, 2.05) is 22.7 Å². The first-order valence-electron chi connectivity index (χ1n) is 3.05. The van der Waals surface area contributed by atoms with E-state index in [9.17, 15) is 0 Å². The summed E-state index contributed by atoms with van der Waals surface area (Å²) < 4.78 is 2.91. The number of nitrogens with zero attached hydrogens (tertiary/aromatic N) is 2. The van der Waals surface area contributed by atoms with Crippen molar-refractivity contribution in [3.63, 3.8) is 0 Å². The molecule has 0 aliphatic carbocycles. The number of rotatable bonds is 0. The summed E-state index contributed by atoms with van der Waals surface area (Å²) >= 11 is 7.97. The number of aromatic nitrogens is 2. The average Bonchev–Trinajstić information content (AvgIpc) is 2.32. The maximum Gasteiger partial charge on any atom is 0.127 e. The van der Waals surface area contributed by atoms with Gasteiger partial charge in [-0.15, -0.1) is 0 Å². The third kappa shape index (κ3) is 1.22. The monoisotopic (exact) mass is 278 g/mol. The molecule has 11 heavy (non-hydrogen) atoms. The quantitative estimate of drug-likeness (QED) is 0.677. The van der Waals surface area contributed by atoms with Gasteiger partial charge in [-0.3, -0.25) is 0 Å². The fraction of sp³-hybridized carbons (Fsp3) is 0. The predicted octanol–water partition coefficient (Wildman–Crippen LogP) is 2.59. The Hall–Kier alpha value is -0.290. The molecule has 0 fully saturated rings. The molecule has 0 aromatic carbocycles. The lowest BCUT2D eigenvalue weighted by Crippen LogP contribution is -1.80. The lowest BCUT2D eigenvalue weighted by molar-refractivity contribution is 1.15. The van der Waals surface area contributed by atoms with Crippen molar-refractivity contribution in [2.75, 3.05) is 0 Å². The van der Waals surface area contributed by atoms with Gasteiger partial charge in [0.15, 0.2) is 0 Å². The summed E-state index contributed by atoms with van der Waals surface area (Å²) in [5.74, 6) is 0. The Labute approximate surface area is 82.3 Å². The normalized spacial score (nSPS) is 10.7. The molecular formula is C7H4ClIN2. The van der Waals surface area contributed by atoms with Crippen molar-refractivity contribution in [1.82, 2.24) is 9.38 Å². The molecule has 2 rings (SSSR count). The standard InChI is InChI=1S/C7H4ClIN2/c8-5-1-2-6-7(9)10-4-11(6)3-5/h1-4H. The number of fused-ring (bicyclic) bond motifs is 1. The SMILES string of the molecule is Clc1ccc2c(I)ncn2c1. The molecule has 0 aliphatic heterocycles. The van der Waals surface area contributed by atoms with Crippen LogP contribution in [0.5, 0.6) is 0 Å². The molecule has 0 amide bonds. The summed E-state index contributed by atoms with van der Waals surface area (Å²) in [5, 5.41) is 0.728. The highest BCUT2D eigenvalue weighted by atomic mass is 127. The van der Waals surface area contributed by atoms with Crippen LogP contribution in [0.1, 0.15) is 0 Å². The van der Waals surface area contributed by atoms with Gasteiger partial charge in [0.25, 0.3) is 0 Å². The van der Waals surface area contributed by atoms with E-state index in [2.05, 4.69) is 27.6 Å². The number of hydrogen-bond donors (Lipinski definition) is 0. The summed E-state index contributed by atoms with van der Waals surface area (Å²) in [6, 6.07) is 3.82. The third-order valence-electron chi connectivity index (χ3n) is 1.45. The van der Waals surface area contributed by atoms with E-state index >= 15 is 0 Å². The third-order valence-corrected chi connectivity index (χ3v) is 2.50. The first-order chi connectivity index (χ1) is 5.27. The van der Waals surface area contributed by atoms with Crippen molar-refractivity contribution in [1.29, 1.82) is 0 Å². The van der Waals surface area contributed by atoms with E-state index in [4.69, 9.17) is 11.6 Å². The molecule has 0 bridgehead atoms. The van der Waals surface area contributed by atoms with Gasteiger partial charge in [0.2, 0.25) is 0 Å². The zero-order chi connectivity index (χ0) is 7.84. The fourth-order valence-electron chi connectivity index (χ4n) is 0.940. The summed E-state index contributed by atoms with van der Waals surface area (Å²) in [5.41, 5.74) is 1.09. The van der Waals surface area contributed by atoms with Crippen molar-refractivity contribution in [3.8, 4) is 0 Å². The summed E-state index contributed by atoms with van der Waals surface area (Å²) in [4.78, 5) is 4.13. The van der Waals surface area contributed by atoms with Gasteiger partial charge >= 0.3 is 0 Å². The molecule has 0 saturated heterocycles. The molecule has 0 saturated carbocycles. The Balaban J connectivity index is 2.86. The van der Waals surface area contributed by atoms with Crippen LogP contribution in [0.3, 0.4) is 0 Å². The second-order valence-electron chi connectivity index (χ2n) is 2.18. The van der Waals surface area contributed by atoms with Gasteiger partial charge in [0.05, 0.1) is 10.5 Å². The molecule has 0 aliphatic rings. The largest absolute Gasteiger partial charge is 0.304 e. The van der Waals surface area contributed by atoms with E-state index in [1.165, 1.54) is 0 Å². The van der Waals surface area contributed by atoms with E-state index in [-0.39, 0.29) is 0 Å². The Morgan fingerprint density at radius 3 is 3.09 bits per heavy atom. The molecule has 0 atom stereocenters. The smallest absolute Gasteiger partial charge is 0.127 e. The number of imidazole rings is 1. The molecular weight excluding hydrogens is 274 g/mol. The Morgan fingerprint density at radius 1 is 1.45 bits per heavy atom. The second kappa shape index (κ2) is 2.64. The topological polar surface area (TPSA) is 17.3 Å². The molecule has 2 heterocycles. The van der Waals surface area contributed by atoms with Gasteiger partial charge in [-0.1, -0.05) is 11.6 Å². The minimum Gasteiger partial charge on any atom is -0.304 e. The maximum atomic E-state index is 5.78. The van der Waals surface area contributed by atoms with Gasteiger partial charge in [-0.2, -0.15) is 0 Å². The minimum absolute atomic E-state index is 0.728. The lowest BCUT2D eigenvalue weighted by Gasteiger charge is -1.92. The van der Waals surface area contributed by atoms with Crippen LogP contribution in [-0.4, -0.2) is 9.38 Å². The highest BCUT2D eigenvalue weighted by Gasteiger charge is 1.98. The van der Waals surface area contributed by atoms with Crippen LogP contribution in [0.2, 0.25) is 5.02 Å². The Kier molecular flexibility index (Phi) is 1.77. The van der Waals surface area contributed by atoms with Crippen molar-refractivity contribution in [2.45, 2.75) is 0 Å². The zero-order valence-corrected chi connectivity index (χ0v) is 8.37. The Morgan fingerprint density at radius 2 is 2.27 bits per heavy atom. The van der Waals surface area contributed by atoms with Gasteiger partial charge in [0.1, 0.15) is 10.0 Å². The molecule has 0 unspecified atom stereocenters. The van der Waals surface area contributed by atoms with Crippen LogP contribution in [0, 0.1) is 3.70 Å². The number of pyridine rings is 1. The molecule has 2 nitrogen and oxygen atoms in total. The van der Waals surface area contributed by atoms with Crippen molar-refractivity contribution < 1.29 is 0 Å². The highest BCUT2D eigenvalue weighted by molar-refractivity contribution is 14.1. The van der Waals surface area contributed by atoms with Gasteiger partial charge < -0.3 is 4.40 Å². The summed E-state index contributed by atoms with van der Waals surface area (Å²) in [6.45, 7) is 0. The van der Waals surface area contributed by atoms with Crippen LogP contribution in [0.15, 0.2) is 24.7 Å². The van der Waals surface area contributed by atoms with E-state index in [0.717, 1.165) is 14.2 Å². The maximum absolute atomic E-state index is 5.78. The van der Waals surface area contributed by atoms with Gasteiger partial charge in [-0.25, -0.2) is 4.98 Å². The average molecular weight is 278 g/mol. The van der Waals surface area contributed by atoms with E-state index in [1.54, 1.807) is 6.33 Å². The van der Waals surface area contributed by atoms with Crippen LogP contribution >= 0.6 is 34.2 Å². The molecule has 4 heteroatoms. The molecule has 0 spiro atoms. The predicted molar refractivity (Wildman–Crippen MR) is 52.9 cm³/mol. The second-order valence-corrected chi connectivity index (χ2v) is 3.63. The molecule has 56 valence electrons. The highest BCUT2D eigenvalue weighted by Crippen LogP contribution is 2.15. The van der Waals surface area contributed by atoms with E-state index < -0.39 is 0 Å². The first-order valence-corrected chi connectivity index (χ1v) is 4.51. The van der Waals surface area contributed by atoms with Crippen molar-refractivity contribution in [2.24, 2.45) is 0 Å². The van der Waals surface area contributed by atoms with Crippen LogP contribution in [-0.2, 0) is 0 Å². The van der Waals surface area contributed by atoms with Crippen LogP contribution in [0.4, 0.5) is 0 Å². The summed E-state index contributed by atoms with van der Waals surface area (Å²) in [6.07, 6.45) is 3.59. The molecule has 2 aromatic rings. The Bertz CT molecular complexity index is 396. The van der Waals surface area contributed by atoms with Crippen LogP contribution < -0.4 is 0 Å². The zero-order valence-electron chi connectivity index (χ0n) is 5.46. The fourth-order valence-corrected chi connectivity index (χ4v) is 1.69. The lowest BCUT2D eigenvalue weighted by atomic mass is 10.4. The molecule has 0 radical (unpaired) electrons. The molecule has 2 aromatic heterocycles.